The number of nitrogens with zero attached hydrogens (tertiary/aromatic N) is 3. The number of hydrogen-bond donors (Lipinski definition) is 0. The fraction of sp³-hybridized carbons (Fsp3) is 0.200. The number of aromatic nitrogens is 2. The molecule has 0 fully saturated rings. The van der Waals surface area contributed by atoms with Crippen LogP contribution in [0.1, 0.15) is 18.2 Å². The lowest BCUT2D eigenvalue weighted by Gasteiger charge is -2.19. The van der Waals surface area contributed by atoms with Crippen LogP contribution in [0.3, 0.4) is 0 Å². The summed E-state index contributed by atoms with van der Waals surface area (Å²) in [6.07, 6.45) is 5.09. The molecule has 4 rings (SSSR count). The molecule has 0 N–H and O–H groups in total. The number of fused-ring (bicyclic) bond motifs is 2. The molecule has 0 unspecified atom stereocenters. The second-order valence-corrected chi connectivity index (χ2v) is 6.45. The summed E-state index contributed by atoms with van der Waals surface area (Å²) >= 11 is 6.21. The van der Waals surface area contributed by atoms with Gasteiger partial charge in [0, 0.05) is 25.4 Å². The van der Waals surface area contributed by atoms with Gasteiger partial charge in [0.25, 0.3) is 0 Å². The van der Waals surface area contributed by atoms with Crippen molar-refractivity contribution < 1.29 is 14.3 Å². The number of amides is 1. The Morgan fingerprint density at radius 3 is 3.00 bits per heavy atom. The number of carbonyl (C=O) groups is 1. The molecule has 3 aromatic rings. The van der Waals surface area contributed by atoms with Gasteiger partial charge < -0.3 is 14.4 Å². The number of likely N-dealkylation sites (N-methyl/N-ethyl adjacent to an activating group) is 1. The number of hydrogen-bond acceptors (Lipinski definition) is 4. The molecule has 6 nitrogen and oxygen atoms in total. The van der Waals surface area contributed by atoms with E-state index in [-0.39, 0.29) is 12.7 Å². The zero-order valence-corrected chi connectivity index (χ0v) is 15.5. The van der Waals surface area contributed by atoms with E-state index in [0.717, 1.165) is 17.0 Å². The minimum absolute atomic E-state index is 0.0999. The van der Waals surface area contributed by atoms with E-state index < -0.39 is 0 Å². The van der Waals surface area contributed by atoms with E-state index in [9.17, 15) is 4.79 Å². The van der Waals surface area contributed by atoms with E-state index in [4.69, 9.17) is 21.1 Å². The van der Waals surface area contributed by atoms with Gasteiger partial charge in [-0.1, -0.05) is 23.7 Å². The molecule has 1 aliphatic heterocycles. The highest BCUT2D eigenvalue weighted by Crippen LogP contribution is 2.32. The highest BCUT2D eigenvalue weighted by molar-refractivity contribution is 6.31. The summed E-state index contributed by atoms with van der Waals surface area (Å²) in [4.78, 5) is 18.7. The number of rotatable bonds is 5. The SMILES string of the molecule is CCN(Cc1ccc2c(c1)OCO2)C(=O)C=Cc1c(Cl)nc2ccccn12. The van der Waals surface area contributed by atoms with Crippen molar-refractivity contribution in [2.45, 2.75) is 13.5 Å². The Morgan fingerprint density at radius 2 is 2.15 bits per heavy atom. The lowest BCUT2D eigenvalue weighted by Crippen LogP contribution is -2.28. The van der Waals surface area contributed by atoms with Crippen LogP contribution in [0.5, 0.6) is 11.5 Å². The summed E-state index contributed by atoms with van der Waals surface area (Å²) < 4.78 is 12.6. The smallest absolute Gasteiger partial charge is 0.246 e. The Kier molecular flexibility index (Phi) is 4.73. The average Bonchev–Trinajstić information content (AvgIpc) is 3.27. The first kappa shape index (κ1) is 17.4. The molecule has 0 saturated carbocycles. The van der Waals surface area contributed by atoms with Crippen LogP contribution in [0.25, 0.3) is 11.7 Å². The third-order valence-corrected chi connectivity index (χ3v) is 4.69. The van der Waals surface area contributed by atoms with Crippen LogP contribution in [0, 0.1) is 0 Å². The maximum atomic E-state index is 12.7. The largest absolute Gasteiger partial charge is 0.454 e. The van der Waals surface area contributed by atoms with Crippen molar-refractivity contribution in [3.8, 4) is 11.5 Å². The average molecular weight is 384 g/mol. The van der Waals surface area contributed by atoms with Crippen molar-refractivity contribution in [2.24, 2.45) is 0 Å². The Balaban J connectivity index is 1.51. The number of halogens is 1. The predicted molar refractivity (Wildman–Crippen MR) is 103 cm³/mol. The van der Waals surface area contributed by atoms with Crippen LogP contribution >= 0.6 is 11.6 Å². The first-order valence-electron chi connectivity index (χ1n) is 8.64. The summed E-state index contributed by atoms with van der Waals surface area (Å²) in [7, 11) is 0. The Morgan fingerprint density at radius 1 is 1.30 bits per heavy atom. The number of benzene rings is 1. The molecule has 1 aromatic carbocycles. The Bertz CT molecular complexity index is 1030. The lowest BCUT2D eigenvalue weighted by molar-refractivity contribution is -0.126. The van der Waals surface area contributed by atoms with Gasteiger partial charge in [0.15, 0.2) is 16.7 Å². The second-order valence-electron chi connectivity index (χ2n) is 6.09. The molecule has 1 aliphatic rings. The molecule has 0 aliphatic carbocycles. The molecule has 2 aromatic heterocycles. The first-order chi connectivity index (χ1) is 13.2. The molecule has 27 heavy (non-hydrogen) atoms. The van der Waals surface area contributed by atoms with Crippen LogP contribution < -0.4 is 9.47 Å². The first-order valence-corrected chi connectivity index (χ1v) is 9.01. The third kappa shape index (κ3) is 3.48. The Hall–Kier alpha value is -2.99. The van der Waals surface area contributed by atoms with E-state index in [1.165, 1.54) is 6.08 Å². The molecule has 0 spiro atoms. The van der Waals surface area contributed by atoms with Crippen molar-refractivity contribution >= 4 is 29.2 Å². The van der Waals surface area contributed by atoms with Crippen molar-refractivity contribution in [1.82, 2.24) is 14.3 Å². The van der Waals surface area contributed by atoms with Crippen molar-refractivity contribution in [3.05, 3.63) is 65.1 Å². The summed E-state index contributed by atoms with van der Waals surface area (Å²) in [5.41, 5.74) is 2.40. The maximum Gasteiger partial charge on any atom is 0.246 e. The van der Waals surface area contributed by atoms with Gasteiger partial charge in [0.05, 0.1) is 5.69 Å². The Labute approximate surface area is 161 Å². The molecule has 0 bridgehead atoms. The van der Waals surface area contributed by atoms with Gasteiger partial charge in [-0.05, 0) is 42.8 Å². The van der Waals surface area contributed by atoms with Gasteiger partial charge in [-0.3, -0.25) is 9.20 Å². The van der Waals surface area contributed by atoms with Crippen molar-refractivity contribution in [3.63, 3.8) is 0 Å². The molecule has 138 valence electrons. The van der Waals surface area contributed by atoms with E-state index >= 15 is 0 Å². The van der Waals surface area contributed by atoms with Gasteiger partial charge in [0.1, 0.15) is 5.65 Å². The fourth-order valence-electron chi connectivity index (χ4n) is 3.00. The predicted octanol–water partition coefficient (Wildman–Crippen LogP) is 3.78. The topological polar surface area (TPSA) is 56.1 Å². The van der Waals surface area contributed by atoms with Crippen LogP contribution in [0.15, 0.2) is 48.7 Å². The summed E-state index contributed by atoms with van der Waals surface area (Å²) in [5.74, 6) is 1.34. The van der Waals surface area contributed by atoms with Gasteiger partial charge in [-0.15, -0.1) is 0 Å². The highest BCUT2D eigenvalue weighted by Gasteiger charge is 2.16. The monoisotopic (exact) mass is 383 g/mol. The molecule has 7 heteroatoms. The minimum Gasteiger partial charge on any atom is -0.454 e. The summed E-state index contributed by atoms with van der Waals surface area (Å²) in [6, 6.07) is 11.4. The van der Waals surface area contributed by atoms with E-state index in [2.05, 4.69) is 4.98 Å². The van der Waals surface area contributed by atoms with Crippen LogP contribution in [0.2, 0.25) is 5.15 Å². The number of imidazole rings is 1. The van der Waals surface area contributed by atoms with Gasteiger partial charge in [0.2, 0.25) is 12.7 Å². The highest BCUT2D eigenvalue weighted by atomic mass is 35.5. The quantitative estimate of drug-likeness (QED) is 0.629. The molecule has 3 heterocycles. The molecule has 1 amide bonds. The van der Waals surface area contributed by atoms with Crippen LogP contribution in [-0.4, -0.2) is 33.5 Å². The van der Waals surface area contributed by atoms with Crippen LogP contribution in [0.4, 0.5) is 0 Å². The molecular weight excluding hydrogens is 366 g/mol. The van der Waals surface area contributed by atoms with E-state index in [1.54, 1.807) is 11.0 Å². The standard InChI is InChI=1S/C20H18ClN3O3/c1-2-23(12-14-6-8-16-17(11-14)27-13-26-16)19(25)9-7-15-20(21)22-18-5-3-4-10-24(15)18/h3-11H,2,12-13H2,1H3. The van der Waals surface area contributed by atoms with Gasteiger partial charge in [-0.25, -0.2) is 4.98 Å². The number of ether oxygens (including phenoxy) is 2. The zero-order chi connectivity index (χ0) is 18.8. The summed E-state index contributed by atoms with van der Waals surface area (Å²) in [5, 5.41) is 0.365. The number of pyridine rings is 1. The minimum atomic E-state index is -0.0999. The van der Waals surface area contributed by atoms with Crippen LogP contribution in [-0.2, 0) is 11.3 Å². The van der Waals surface area contributed by atoms with Gasteiger partial charge in [-0.2, -0.15) is 0 Å². The normalized spacial score (nSPS) is 12.8. The second kappa shape index (κ2) is 7.32. The van der Waals surface area contributed by atoms with Gasteiger partial charge >= 0.3 is 0 Å². The molecule has 0 atom stereocenters. The zero-order valence-electron chi connectivity index (χ0n) is 14.8. The molecular formula is C20H18ClN3O3. The molecule has 0 saturated heterocycles. The van der Waals surface area contributed by atoms with E-state index in [0.29, 0.717) is 29.7 Å². The molecule has 0 radical (unpaired) electrons. The lowest BCUT2D eigenvalue weighted by atomic mass is 10.2. The fourth-order valence-corrected chi connectivity index (χ4v) is 3.24. The van der Waals surface area contributed by atoms with Crippen molar-refractivity contribution in [2.75, 3.05) is 13.3 Å². The number of carbonyl (C=O) groups excluding carboxylic acids is 1. The summed E-state index contributed by atoms with van der Waals surface area (Å²) in [6.45, 7) is 3.24. The van der Waals surface area contributed by atoms with E-state index in [1.807, 2.05) is 53.9 Å². The maximum absolute atomic E-state index is 12.7. The van der Waals surface area contributed by atoms with Crippen molar-refractivity contribution in [1.29, 1.82) is 0 Å². The third-order valence-electron chi connectivity index (χ3n) is 4.41.